The fourth-order valence-corrected chi connectivity index (χ4v) is 1.98. The largest absolute Gasteiger partial charge is 0.337 e. The molecular formula is C11H20N2S2. The SMILES string of the molecule is CSC(C)(C)Cn1c(C(C)C)c[nH]c1=S. The van der Waals surface area contributed by atoms with Crippen LogP contribution in [0.25, 0.3) is 0 Å². The van der Waals surface area contributed by atoms with Gasteiger partial charge in [0, 0.05) is 23.2 Å². The van der Waals surface area contributed by atoms with Gasteiger partial charge in [-0.1, -0.05) is 13.8 Å². The van der Waals surface area contributed by atoms with Crippen molar-refractivity contribution in [2.75, 3.05) is 6.26 Å². The molecule has 0 bridgehead atoms. The second-order valence-electron chi connectivity index (χ2n) is 4.72. The number of nitrogens with one attached hydrogen (secondary N) is 1. The summed E-state index contributed by atoms with van der Waals surface area (Å²) >= 11 is 7.18. The zero-order chi connectivity index (χ0) is 11.6. The molecule has 0 aromatic carbocycles. The number of aromatic nitrogens is 2. The Kier molecular flexibility index (Phi) is 4.06. The summed E-state index contributed by atoms with van der Waals surface area (Å²) in [6.07, 6.45) is 4.18. The molecule has 1 aromatic rings. The molecule has 0 aliphatic heterocycles. The van der Waals surface area contributed by atoms with Gasteiger partial charge in [-0.25, -0.2) is 0 Å². The molecule has 2 nitrogen and oxygen atoms in total. The van der Waals surface area contributed by atoms with E-state index >= 15 is 0 Å². The number of hydrogen-bond donors (Lipinski definition) is 1. The van der Waals surface area contributed by atoms with Gasteiger partial charge in [0.1, 0.15) is 0 Å². The van der Waals surface area contributed by atoms with Crippen LogP contribution in [0.4, 0.5) is 0 Å². The molecular weight excluding hydrogens is 224 g/mol. The molecule has 15 heavy (non-hydrogen) atoms. The molecule has 0 spiro atoms. The third-order valence-electron chi connectivity index (χ3n) is 2.58. The van der Waals surface area contributed by atoms with E-state index in [4.69, 9.17) is 12.2 Å². The van der Waals surface area contributed by atoms with Crippen molar-refractivity contribution in [3.63, 3.8) is 0 Å². The van der Waals surface area contributed by atoms with Gasteiger partial charge < -0.3 is 9.55 Å². The highest BCUT2D eigenvalue weighted by Crippen LogP contribution is 2.26. The average Bonchev–Trinajstić information content (AvgIpc) is 2.48. The zero-order valence-corrected chi connectivity index (χ0v) is 11.8. The zero-order valence-electron chi connectivity index (χ0n) is 10.1. The highest BCUT2D eigenvalue weighted by atomic mass is 32.2. The van der Waals surface area contributed by atoms with Crippen LogP contribution in [0.5, 0.6) is 0 Å². The first kappa shape index (κ1) is 12.8. The first-order valence-corrected chi connectivity index (χ1v) is 6.84. The van der Waals surface area contributed by atoms with Gasteiger partial charge in [-0.2, -0.15) is 11.8 Å². The molecule has 0 saturated heterocycles. The quantitative estimate of drug-likeness (QED) is 0.813. The van der Waals surface area contributed by atoms with Crippen LogP contribution in [0.2, 0.25) is 0 Å². The van der Waals surface area contributed by atoms with Crippen LogP contribution in [0, 0.1) is 4.77 Å². The van der Waals surface area contributed by atoms with E-state index in [1.54, 1.807) is 0 Å². The molecule has 0 amide bonds. The van der Waals surface area contributed by atoms with Crippen molar-refractivity contribution >= 4 is 24.0 Å². The maximum Gasteiger partial charge on any atom is 0.177 e. The van der Waals surface area contributed by atoms with Gasteiger partial charge in [-0.15, -0.1) is 0 Å². The number of hydrogen-bond acceptors (Lipinski definition) is 2. The Morgan fingerprint density at radius 2 is 2.13 bits per heavy atom. The third-order valence-corrected chi connectivity index (χ3v) is 4.16. The van der Waals surface area contributed by atoms with Crippen molar-refractivity contribution in [1.29, 1.82) is 0 Å². The standard InChI is InChI=1S/C11H20N2S2/c1-8(2)9-6-12-10(14)13(9)7-11(3,4)15-5/h6,8H,7H2,1-5H3,(H,12,14). The summed E-state index contributed by atoms with van der Waals surface area (Å²) in [5.74, 6) is 0.510. The van der Waals surface area contributed by atoms with E-state index in [1.165, 1.54) is 5.69 Å². The van der Waals surface area contributed by atoms with Crippen LogP contribution < -0.4 is 0 Å². The molecule has 1 heterocycles. The Morgan fingerprint density at radius 3 is 2.60 bits per heavy atom. The third kappa shape index (κ3) is 3.11. The monoisotopic (exact) mass is 244 g/mol. The number of rotatable bonds is 4. The lowest BCUT2D eigenvalue weighted by molar-refractivity contribution is 0.536. The Bertz CT molecular complexity index is 374. The lowest BCUT2D eigenvalue weighted by atomic mass is 10.1. The summed E-state index contributed by atoms with van der Waals surface area (Å²) in [5, 5.41) is 0. The summed E-state index contributed by atoms with van der Waals surface area (Å²) in [6, 6.07) is 0. The number of H-pyrrole nitrogens is 1. The fraction of sp³-hybridized carbons (Fsp3) is 0.727. The van der Waals surface area contributed by atoms with Crippen LogP contribution in [-0.2, 0) is 6.54 Å². The van der Waals surface area contributed by atoms with Gasteiger partial charge in [0.15, 0.2) is 4.77 Å². The molecule has 0 atom stereocenters. The first-order chi connectivity index (χ1) is 6.87. The summed E-state index contributed by atoms with van der Waals surface area (Å²) < 4.78 is 3.28. The van der Waals surface area contributed by atoms with Gasteiger partial charge in [-0.05, 0) is 38.2 Å². The van der Waals surface area contributed by atoms with Crippen LogP contribution in [0.3, 0.4) is 0 Å². The molecule has 0 aliphatic rings. The van der Waals surface area contributed by atoms with Gasteiger partial charge in [-0.3, -0.25) is 0 Å². The normalized spacial score (nSPS) is 12.4. The molecule has 86 valence electrons. The Hall–Kier alpha value is -0.220. The van der Waals surface area contributed by atoms with Crippen molar-refractivity contribution in [3.05, 3.63) is 16.7 Å². The van der Waals surface area contributed by atoms with E-state index in [1.807, 2.05) is 18.0 Å². The van der Waals surface area contributed by atoms with Gasteiger partial charge in [0.25, 0.3) is 0 Å². The van der Waals surface area contributed by atoms with Crippen LogP contribution in [0.1, 0.15) is 39.3 Å². The van der Waals surface area contributed by atoms with Crippen molar-refractivity contribution in [2.24, 2.45) is 0 Å². The van der Waals surface area contributed by atoms with Crippen LogP contribution in [-0.4, -0.2) is 20.6 Å². The second-order valence-corrected chi connectivity index (χ2v) is 6.62. The minimum atomic E-state index is 0.226. The van der Waals surface area contributed by atoms with E-state index in [2.05, 4.69) is 43.5 Å². The highest BCUT2D eigenvalue weighted by molar-refractivity contribution is 7.99. The van der Waals surface area contributed by atoms with Crippen molar-refractivity contribution in [1.82, 2.24) is 9.55 Å². The smallest absolute Gasteiger partial charge is 0.177 e. The lowest BCUT2D eigenvalue weighted by Crippen LogP contribution is -2.24. The Labute approximate surface area is 101 Å². The van der Waals surface area contributed by atoms with Gasteiger partial charge in [0.05, 0.1) is 0 Å². The minimum absolute atomic E-state index is 0.226. The summed E-state index contributed by atoms with van der Waals surface area (Å²) in [7, 11) is 0. The molecule has 0 radical (unpaired) electrons. The Morgan fingerprint density at radius 1 is 1.53 bits per heavy atom. The molecule has 1 N–H and O–H groups in total. The summed E-state index contributed by atoms with van der Waals surface area (Å²) in [5.41, 5.74) is 1.29. The molecule has 1 rings (SSSR count). The summed E-state index contributed by atoms with van der Waals surface area (Å²) in [6.45, 7) is 9.85. The number of nitrogens with zero attached hydrogens (tertiary/aromatic N) is 1. The maximum atomic E-state index is 5.31. The number of aromatic amines is 1. The average molecular weight is 244 g/mol. The minimum Gasteiger partial charge on any atom is -0.337 e. The Balaban J connectivity index is 3.03. The van der Waals surface area contributed by atoms with Crippen LogP contribution in [0.15, 0.2) is 6.20 Å². The van der Waals surface area contributed by atoms with Crippen molar-refractivity contribution in [3.8, 4) is 0 Å². The van der Waals surface area contributed by atoms with Crippen molar-refractivity contribution < 1.29 is 0 Å². The first-order valence-electron chi connectivity index (χ1n) is 5.20. The molecule has 0 unspecified atom stereocenters. The maximum absolute atomic E-state index is 5.31. The molecule has 0 aliphatic carbocycles. The number of imidazole rings is 1. The topological polar surface area (TPSA) is 20.7 Å². The van der Waals surface area contributed by atoms with Gasteiger partial charge >= 0.3 is 0 Å². The van der Waals surface area contributed by atoms with Crippen LogP contribution >= 0.6 is 24.0 Å². The van der Waals surface area contributed by atoms with E-state index in [-0.39, 0.29) is 4.75 Å². The van der Waals surface area contributed by atoms with E-state index in [0.717, 1.165) is 11.3 Å². The number of thioether (sulfide) groups is 1. The molecule has 0 saturated carbocycles. The summed E-state index contributed by atoms with van der Waals surface area (Å²) in [4.78, 5) is 3.13. The lowest BCUT2D eigenvalue weighted by Gasteiger charge is -2.24. The highest BCUT2D eigenvalue weighted by Gasteiger charge is 2.19. The van der Waals surface area contributed by atoms with E-state index in [0.29, 0.717) is 5.92 Å². The predicted octanol–water partition coefficient (Wildman–Crippen LogP) is 3.81. The van der Waals surface area contributed by atoms with E-state index in [9.17, 15) is 0 Å². The molecule has 0 fully saturated rings. The molecule has 1 aromatic heterocycles. The van der Waals surface area contributed by atoms with E-state index < -0.39 is 0 Å². The second kappa shape index (κ2) is 4.74. The fourth-order valence-electron chi connectivity index (χ4n) is 1.50. The van der Waals surface area contributed by atoms with Gasteiger partial charge in [0.2, 0.25) is 0 Å². The van der Waals surface area contributed by atoms with Crippen molar-refractivity contribution in [2.45, 2.75) is 44.9 Å². The molecule has 4 heteroatoms. The predicted molar refractivity (Wildman–Crippen MR) is 71.3 cm³/mol.